The zero-order valence-electron chi connectivity index (χ0n) is 12.4. The average molecular weight is 291 g/mol. The van der Waals surface area contributed by atoms with Crippen molar-refractivity contribution in [1.82, 2.24) is 4.98 Å². The summed E-state index contributed by atoms with van der Waals surface area (Å²) in [6.07, 6.45) is 6.64. The minimum absolute atomic E-state index is 0.189. The van der Waals surface area contributed by atoms with Crippen LogP contribution in [0.25, 0.3) is 0 Å². The molecule has 0 amide bonds. The number of aliphatic hydroxyl groups excluding tert-OH is 1. The fourth-order valence-electron chi connectivity index (χ4n) is 2.81. The first kappa shape index (κ1) is 14.4. The number of hydrogen-bond donors (Lipinski definition) is 3. The van der Waals surface area contributed by atoms with Crippen LogP contribution in [0.3, 0.4) is 0 Å². The van der Waals surface area contributed by atoms with Crippen LogP contribution < -0.4 is 15.8 Å². The van der Waals surface area contributed by atoms with Crippen LogP contribution in [0.2, 0.25) is 0 Å². The average Bonchev–Trinajstić information content (AvgIpc) is 3.31. The molecule has 2 aliphatic rings. The predicted molar refractivity (Wildman–Crippen MR) is 83.3 cm³/mol. The van der Waals surface area contributed by atoms with Crippen molar-refractivity contribution in [2.75, 3.05) is 24.2 Å². The van der Waals surface area contributed by atoms with Gasteiger partial charge in [-0.2, -0.15) is 4.98 Å². The fourth-order valence-corrected chi connectivity index (χ4v) is 2.81. The second kappa shape index (κ2) is 6.52. The summed E-state index contributed by atoms with van der Waals surface area (Å²) in [7, 11) is 0. The Hall–Kier alpha value is -1.49. The summed E-state index contributed by atoms with van der Waals surface area (Å²) in [6, 6.07) is 3.70. The first-order chi connectivity index (χ1) is 10.2. The summed E-state index contributed by atoms with van der Waals surface area (Å²) >= 11 is 0. The molecule has 5 nitrogen and oxygen atoms in total. The van der Waals surface area contributed by atoms with Gasteiger partial charge in [-0.15, -0.1) is 0 Å². The molecule has 4 N–H and O–H groups in total. The molecule has 2 saturated carbocycles. The largest absolute Gasteiger partial charge is 0.476 e. The van der Waals surface area contributed by atoms with Gasteiger partial charge in [-0.3, -0.25) is 0 Å². The summed E-state index contributed by atoms with van der Waals surface area (Å²) in [5.41, 5.74) is 6.48. The first-order valence-corrected chi connectivity index (χ1v) is 8.03. The Morgan fingerprint density at radius 1 is 1.24 bits per heavy atom. The van der Waals surface area contributed by atoms with E-state index in [9.17, 15) is 5.11 Å². The number of rotatable bonds is 6. The highest BCUT2D eigenvalue weighted by molar-refractivity contribution is 5.53. The Balaban J connectivity index is 1.55. The van der Waals surface area contributed by atoms with Crippen molar-refractivity contribution in [1.29, 1.82) is 0 Å². The predicted octanol–water partition coefficient (Wildman–Crippen LogP) is 2.42. The molecule has 0 spiro atoms. The van der Waals surface area contributed by atoms with Crippen LogP contribution in [0, 0.1) is 11.8 Å². The molecule has 1 aromatic rings. The monoisotopic (exact) mass is 291 g/mol. The highest BCUT2D eigenvalue weighted by atomic mass is 16.5. The number of aliphatic hydroxyl groups is 1. The third kappa shape index (κ3) is 4.00. The molecule has 5 heteroatoms. The minimum atomic E-state index is -0.189. The van der Waals surface area contributed by atoms with E-state index in [0.29, 0.717) is 30.0 Å². The Morgan fingerprint density at radius 3 is 2.81 bits per heavy atom. The summed E-state index contributed by atoms with van der Waals surface area (Å²) in [6.45, 7) is 1.46. The number of pyridine rings is 1. The molecule has 21 heavy (non-hydrogen) atoms. The minimum Gasteiger partial charge on any atom is -0.476 e. The molecule has 2 aliphatic carbocycles. The summed E-state index contributed by atoms with van der Waals surface area (Å²) in [5.74, 6) is 2.29. The van der Waals surface area contributed by atoms with Crippen molar-refractivity contribution in [3.63, 3.8) is 0 Å². The van der Waals surface area contributed by atoms with Gasteiger partial charge in [0, 0.05) is 12.5 Å². The molecule has 3 rings (SSSR count). The summed E-state index contributed by atoms with van der Waals surface area (Å²) < 4.78 is 5.69. The van der Waals surface area contributed by atoms with Gasteiger partial charge >= 0.3 is 0 Å². The number of nitrogen functional groups attached to an aromatic ring is 1. The standard InChI is InChI=1S/C16H25N3O2/c17-13-7-8-15(19-16(13)21-10-11-5-6-11)18-9-12-3-1-2-4-14(12)20/h7-8,11-12,14,20H,1-6,9-10,17H2,(H,18,19). The van der Waals surface area contributed by atoms with Crippen LogP contribution in [0.15, 0.2) is 12.1 Å². The maximum atomic E-state index is 9.99. The number of hydrogen-bond acceptors (Lipinski definition) is 5. The number of ether oxygens (including phenoxy) is 1. The van der Waals surface area contributed by atoms with E-state index in [1.807, 2.05) is 12.1 Å². The summed E-state index contributed by atoms with van der Waals surface area (Å²) in [4.78, 5) is 4.44. The van der Waals surface area contributed by atoms with Gasteiger partial charge in [0.25, 0.3) is 0 Å². The molecule has 0 aromatic carbocycles. The van der Waals surface area contributed by atoms with Crippen molar-refractivity contribution in [2.24, 2.45) is 11.8 Å². The van der Waals surface area contributed by atoms with Gasteiger partial charge in [0.2, 0.25) is 5.88 Å². The highest BCUT2D eigenvalue weighted by Gasteiger charge is 2.24. The molecule has 1 aromatic heterocycles. The lowest BCUT2D eigenvalue weighted by Gasteiger charge is -2.27. The van der Waals surface area contributed by atoms with Gasteiger partial charge in [-0.05, 0) is 43.7 Å². The molecule has 0 aliphatic heterocycles. The molecular weight excluding hydrogens is 266 g/mol. The van der Waals surface area contributed by atoms with Crippen molar-refractivity contribution in [3.05, 3.63) is 12.1 Å². The number of anilines is 2. The van der Waals surface area contributed by atoms with Gasteiger partial charge in [0.1, 0.15) is 5.82 Å². The quantitative estimate of drug-likeness (QED) is 0.750. The Bertz CT molecular complexity index is 477. The van der Waals surface area contributed by atoms with Crippen molar-refractivity contribution in [2.45, 2.75) is 44.6 Å². The topological polar surface area (TPSA) is 80.4 Å². The maximum Gasteiger partial charge on any atom is 0.239 e. The van der Waals surface area contributed by atoms with Crippen LogP contribution in [0.4, 0.5) is 11.5 Å². The van der Waals surface area contributed by atoms with Gasteiger partial charge in [0.15, 0.2) is 0 Å². The maximum absolute atomic E-state index is 9.99. The molecule has 0 bridgehead atoms. The van der Waals surface area contributed by atoms with Gasteiger partial charge in [-0.25, -0.2) is 0 Å². The fraction of sp³-hybridized carbons (Fsp3) is 0.688. The second-order valence-corrected chi connectivity index (χ2v) is 6.34. The van der Waals surface area contributed by atoms with Crippen LogP contribution in [-0.4, -0.2) is 29.3 Å². The molecule has 2 fully saturated rings. The SMILES string of the molecule is Nc1ccc(NCC2CCCCC2O)nc1OCC1CC1. The zero-order chi connectivity index (χ0) is 14.7. The number of nitrogens with one attached hydrogen (secondary N) is 1. The molecule has 1 heterocycles. The first-order valence-electron chi connectivity index (χ1n) is 8.03. The van der Waals surface area contributed by atoms with Crippen LogP contribution in [-0.2, 0) is 0 Å². The zero-order valence-corrected chi connectivity index (χ0v) is 12.4. The van der Waals surface area contributed by atoms with Gasteiger partial charge in [-0.1, -0.05) is 12.8 Å². The van der Waals surface area contributed by atoms with E-state index in [2.05, 4.69) is 10.3 Å². The van der Waals surface area contributed by atoms with Crippen LogP contribution in [0.5, 0.6) is 5.88 Å². The second-order valence-electron chi connectivity index (χ2n) is 6.34. The lowest BCUT2D eigenvalue weighted by Crippen LogP contribution is -2.30. The Kier molecular flexibility index (Phi) is 4.48. The molecule has 0 saturated heterocycles. The van der Waals surface area contributed by atoms with E-state index in [1.54, 1.807) is 0 Å². The van der Waals surface area contributed by atoms with E-state index in [-0.39, 0.29) is 6.10 Å². The molecule has 2 unspecified atom stereocenters. The van der Waals surface area contributed by atoms with E-state index in [4.69, 9.17) is 10.5 Å². The van der Waals surface area contributed by atoms with E-state index < -0.39 is 0 Å². The molecule has 0 radical (unpaired) electrons. The lowest BCUT2D eigenvalue weighted by atomic mass is 9.86. The molecular formula is C16H25N3O2. The van der Waals surface area contributed by atoms with Crippen molar-refractivity contribution < 1.29 is 9.84 Å². The van der Waals surface area contributed by atoms with Gasteiger partial charge in [0.05, 0.1) is 18.4 Å². The van der Waals surface area contributed by atoms with Crippen LogP contribution in [0.1, 0.15) is 38.5 Å². The van der Waals surface area contributed by atoms with E-state index >= 15 is 0 Å². The Morgan fingerprint density at radius 2 is 2.05 bits per heavy atom. The summed E-state index contributed by atoms with van der Waals surface area (Å²) in [5, 5.41) is 13.3. The van der Waals surface area contributed by atoms with Crippen molar-refractivity contribution in [3.8, 4) is 5.88 Å². The normalized spacial score (nSPS) is 25.6. The highest BCUT2D eigenvalue weighted by Crippen LogP contribution is 2.31. The van der Waals surface area contributed by atoms with E-state index in [1.165, 1.54) is 19.3 Å². The third-order valence-electron chi connectivity index (χ3n) is 4.46. The van der Waals surface area contributed by atoms with Crippen molar-refractivity contribution >= 4 is 11.5 Å². The number of aromatic nitrogens is 1. The van der Waals surface area contributed by atoms with Gasteiger partial charge < -0.3 is 20.9 Å². The Labute approximate surface area is 125 Å². The smallest absolute Gasteiger partial charge is 0.239 e. The molecule has 116 valence electrons. The number of nitrogens with zero attached hydrogens (tertiary/aromatic N) is 1. The lowest BCUT2D eigenvalue weighted by molar-refractivity contribution is 0.0763. The van der Waals surface area contributed by atoms with E-state index in [0.717, 1.165) is 31.6 Å². The number of nitrogens with two attached hydrogens (primary N) is 1. The van der Waals surface area contributed by atoms with Crippen LogP contribution >= 0.6 is 0 Å². The third-order valence-corrected chi connectivity index (χ3v) is 4.46. The molecule has 2 atom stereocenters.